The van der Waals surface area contributed by atoms with Gasteiger partial charge in [-0.3, -0.25) is 5.43 Å². The molecule has 0 spiro atoms. The van der Waals surface area contributed by atoms with Crippen LogP contribution in [0.1, 0.15) is 92.4 Å². The average Bonchev–Trinajstić information content (AvgIpc) is 2.58. The summed E-state index contributed by atoms with van der Waals surface area (Å²) in [6.45, 7) is 16.4. The van der Waals surface area contributed by atoms with Crippen LogP contribution in [0.2, 0.25) is 0 Å². The van der Waals surface area contributed by atoms with Gasteiger partial charge in [0.1, 0.15) is 0 Å². The van der Waals surface area contributed by atoms with Crippen LogP contribution in [-0.2, 0) is 0 Å². The van der Waals surface area contributed by atoms with Gasteiger partial charge in [0, 0.05) is 5.71 Å². The van der Waals surface area contributed by atoms with Gasteiger partial charge in [-0.15, -0.1) is 0 Å². The first kappa shape index (κ1) is 23.1. The van der Waals surface area contributed by atoms with E-state index in [4.69, 9.17) is 18.0 Å². The molecule has 2 fully saturated rings. The zero-order valence-corrected chi connectivity index (χ0v) is 19.6. The molecular weight excluding hydrogens is 362 g/mol. The molecule has 3 nitrogen and oxygen atoms in total. The molecule has 0 aliphatic heterocycles. The topological polar surface area (TPSA) is 50.4 Å². The van der Waals surface area contributed by atoms with Crippen molar-refractivity contribution in [3.8, 4) is 0 Å². The zero-order chi connectivity index (χ0) is 20.9. The SMILES string of the molecule is C=C1CC[C@H]2C(C)(C)CCC[C@]2(C)[C@H]1CC/C(C)=C\CC/C(C)=N/NC(N)=S. The Kier molecular flexibility index (Phi) is 7.89. The van der Waals surface area contributed by atoms with Crippen molar-refractivity contribution < 1.29 is 0 Å². The van der Waals surface area contributed by atoms with E-state index in [1.807, 2.05) is 6.92 Å². The second-order valence-electron chi connectivity index (χ2n) is 10.1. The van der Waals surface area contributed by atoms with Crippen LogP contribution in [0.3, 0.4) is 0 Å². The number of hydrazone groups is 1. The van der Waals surface area contributed by atoms with E-state index in [-0.39, 0.29) is 5.11 Å². The van der Waals surface area contributed by atoms with Gasteiger partial charge < -0.3 is 5.73 Å². The molecule has 0 radical (unpaired) electrons. The summed E-state index contributed by atoms with van der Waals surface area (Å²) in [5.74, 6) is 1.51. The molecule has 0 heterocycles. The summed E-state index contributed by atoms with van der Waals surface area (Å²) in [4.78, 5) is 0. The number of hydrogen-bond donors (Lipinski definition) is 2. The first-order valence-electron chi connectivity index (χ1n) is 11.0. The fraction of sp³-hybridized carbons (Fsp3) is 0.750. The lowest BCUT2D eigenvalue weighted by molar-refractivity contribution is -0.0539. The first-order valence-corrected chi connectivity index (χ1v) is 11.4. The lowest BCUT2D eigenvalue weighted by Crippen LogP contribution is -2.49. The van der Waals surface area contributed by atoms with Crippen LogP contribution in [0.5, 0.6) is 0 Å². The monoisotopic (exact) mass is 403 g/mol. The fourth-order valence-corrected chi connectivity index (χ4v) is 6.06. The predicted molar refractivity (Wildman–Crippen MR) is 126 cm³/mol. The molecule has 3 N–H and O–H groups in total. The maximum atomic E-state index is 5.41. The van der Waals surface area contributed by atoms with Crippen LogP contribution in [-0.4, -0.2) is 10.8 Å². The standard InChI is InChI=1S/C24H41N3S/c1-17(9-7-10-19(3)26-27-22(25)28)11-13-20-18(2)12-14-21-23(4,5)15-8-16-24(20,21)6/h9,20-21H,2,7-8,10-16H2,1,3-6H3,(H3,25,27,28)/b17-9-,26-19+/t20-,21-,24+/m0/s1. The Hall–Kier alpha value is -1.16. The van der Waals surface area contributed by atoms with Crippen LogP contribution in [0, 0.1) is 22.7 Å². The third-order valence-electron chi connectivity index (χ3n) is 7.50. The fourth-order valence-electron chi connectivity index (χ4n) is 6.02. The van der Waals surface area contributed by atoms with Crippen LogP contribution in [0.4, 0.5) is 0 Å². The maximum absolute atomic E-state index is 5.41. The van der Waals surface area contributed by atoms with Crippen LogP contribution in [0.25, 0.3) is 0 Å². The summed E-state index contributed by atoms with van der Waals surface area (Å²) in [5.41, 5.74) is 13.0. The minimum absolute atomic E-state index is 0.219. The zero-order valence-electron chi connectivity index (χ0n) is 18.7. The lowest BCUT2D eigenvalue weighted by Gasteiger charge is -2.58. The molecule has 28 heavy (non-hydrogen) atoms. The minimum Gasteiger partial charge on any atom is -0.375 e. The van der Waals surface area contributed by atoms with E-state index in [0.717, 1.165) is 24.5 Å². The van der Waals surface area contributed by atoms with E-state index in [1.165, 1.54) is 56.1 Å². The Morgan fingerprint density at radius 1 is 1.29 bits per heavy atom. The van der Waals surface area contributed by atoms with Gasteiger partial charge in [0.25, 0.3) is 0 Å². The molecule has 0 amide bonds. The van der Waals surface area contributed by atoms with Crippen molar-refractivity contribution in [3.63, 3.8) is 0 Å². The molecule has 0 saturated heterocycles. The molecule has 2 rings (SSSR count). The van der Waals surface area contributed by atoms with E-state index in [2.05, 4.69) is 50.9 Å². The second-order valence-corrected chi connectivity index (χ2v) is 10.5. The molecule has 3 atom stereocenters. The smallest absolute Gasteiger partial charge is 0.184 e. The maximum Gasteiger partial charge on any atom is 0.184 e. The van der Waals surface area contributed by atoms with Gasteiger partial charge in [0.15, 0.2) is 5.11 Å². The van der Waals surface area contributed by atoms with E-state index in [9.17, 15) is 0 Å². The van der Waals surface area contributed by atoms with E-state index >= 15 is 0 Å². The third-order valence-corrected chi connectivity index (χ3v) is 7.59. The Morgan fingerprint density at radius 2 is 2.00 bits per heavy atom. The van der Waals surface area contributed by atoms with Gasteiger partial charge in [0.05, 0.1) is 0 Å². The van der Waals surface area contributed by atoms with Crippen molar-refractivity contribution in [2.75, 3.05) is 0 Å². The third kappa shape index (κ3) is 5.68. The number of allylic oxidation sites excluding steroid dienone is 3. The molecule has 158 valence electrons. The number of nitrogens with two attached hydrogens (primary N) is 1. The Morgan fingerprint density at radius 3 is 2.68 bits per heavy atom. The molecule has 0 aromatic heterocycles. The Bertz CT molecular complexity index is 646. The number of thiocarbonyl (C=S) groups is 1. The van der Waals surface area contributed by atoms with Gasteiger partial charge in [0.2, 0.25) is 0 Å². The lowest BCUT2D eigenvalue weighted by atomic mass is 9.47. The summed E-state index contributed by atoms with van der Waals surface area (Å²) in [6, 6.07) is 0. The van der Waals surface area contributed by atoms with Gasteiger partial charge in [-0.2, -0.15) is 5.10 Å². The van der Waals surface area contributed by atoms with Gasteiger partial charge in [-0.25, -0.2) is 0 Å². The molecule has 2 saturated carbocycles. The van der Waals surface area contributed by atoms with Crippen molar-refractivity contribution in [2.24, 2.45) is 33.5 Å². The largest absolute Gasteiger partial charge is 0.375 e. The summed E-state index contributed by atoms with van der Waals surface area (Å²) in [6.07, 6.45) is 13.4. The Labute approximate surface area is 178 Å². The number of hydrogen-bond acceptors (Lipinski definition) is 2. The van der Waals surface area contributed by atoms with Gasteiger partial charge >= 0.3 is 0 Å². The molecule has 2 aliphatic carbocycles. The number of rotatable bonds is 7. The highest BCUT2D eigenvalue weighted by atomic mass is 32.1. The normalized spacial score (nSPS) is 30.7. The quantitative estimate of drug-likeness (QED) is 0.221. The van der Waals surface area contributed by atoms with Gasteiger partial charge in [-0.1, -0.05) is 51.0 Å². The average molecular weight is 404 g/mol. The highest BCUT2D eigenvalue weighted by Gasteiger charge is 2.52. The molecule has 2 aliphatic rings. The predicted octanol–water partition coefficient (Wildman–Crippen LogP) is 6.50. The summed E-state index contributed by atoms with van der Waals surface area (Å²) >= 11 is 4.78. The number of fused-ring (bicyclic) bond motifs is 1. The number of nitrogens with zero attached hydrogens (tertiary/aromatic N) is 1. The molecule has 0 bridgehead atoms. The van der Waals surface area contributed by atoms with Crippen molar-refractivity contribution in [1.82, 2.24) is 5.43 Å². The van der Waals surface area contributed by atoms with Crippen molar-refractivity contribution in [3.05, 3.63) is 23.8 Å². The van der Waals surface area contributed by atoms with E-state index < -0.39 is 0 Å². The summed E-state index contributed by atoms with van der Waals surface area (Å²) < 4.78 is 0. The molecule has 0 unspecified atom stereocenters. The molecular formula is C24H41N3S. The minimum atomic E-state index is 0.219. The first-order chi connectivity index (χ1) is 13.1. The van der Waals surface area contributed by atoms with Crippen LogP contribution in [0.15, 0.2) is 28.9 Å². The highest BCUT2D eigenvalue weighted by molar-refractivity contribution is 7.80. The second kappa shape index (κ2) is 9.56. The van der Waals surface area contributed by atoms with Crippen LogP contribution >= 0.6 is 12.2 Å². The van der Waals surface area contributed by atoms with Gasteiger partial charge in [-0.05, 0) is 100 Å². The molecule has 4 heteroatoms. The summed E-state index contributed by atoms with van der Waals surface area (Å²) in [7, 11) is 0. The Balaban J connectivity index is 1.93. The van der Waals surface area contributed by atoms with E-state index in [1.54, 1.807) is 0 Å². The van der Waals surface area contributed by atoms with Crippen molar-refractivity contribution in [2.45, 2.75) is 92.4 Å². The highest BCUT2D eigenvalue weighted by Crippen LogP contribution is 2.61. The van der Waals surface area contributed by atoms with Crippen molar-refractivity contribution in [1.29, 1.82) is 0 Å². The van der Waals surface area contributed by atoms with Crippen molar-refractivity contribution >= 4 is 23.0 Å². The number of nitrogens with one attached hydrogen (secondary N) is 1. The molecule has 0 aromatic rings. The summed E-state index contributed by atoms with van der Waals surface area (Å²) in [5, 5.41) is 4.40. The van der Waals surface area contributed by atoms with Crippen LogP contribution < -0.4 is 11.2 Å². The van der Waals surface area contributed by atoms with E-state index in [0.29, 0.717) is 16.7 Å². The molecule has 0 aromatic carbocycles.